The Labute approximate surface area is 101 Å². The Balaban J connectivity index is 1.84. The van der Waals surface area contributed by atoms with Crippen LogP contribution in [0.1, 0.15) is 32.6 Å². The van der Waals surface area contributed by atoms with E-state index in [1.807, 2.05) is 0 Å². The topological polar surface area (TPSA) is 35.5 Å². The minimum atomic E-state index is -0.0555. The predicted molar refractivity (Wildman–Crippen MR) is 64.3 cm³/mol. The van der Waals surface area contributed by atoms with E-state index in [2.05, 4.69) is 0 Å². The molecule has 0 aromatic carbocycles. The second-order valence-corrected chi connectivity index (χ2v) is 5.30. The van der Waals surface area contributed by atoms with Gasteiger partial charge in [-0.25, -0.2) is 0 Å². The number of Topliss-reactive ketones (excluding diaryl/α,β-unsaturated/α-hetero) is 1. The standard InChI is InChI=1S/C12H18O3S/c1-9(13)12-10(5-7-16-12)8-15-11-4-2-3-6-14-11/h11H,2-8H2,1H3. The van der Waals surface area contributed by atoms with E-state index in [0.717, 1.165) is 42.1 Å². The van der Waals surface area contributed by atoms with Gasteiger partial charge >= 0.3 is 0 Å². The summed E-state index contributed by atoms with van der Waals surface area (Å²) in [5, 5.41) is 0. The van der Waals surface area contributed by atoms with E-state index in [4.69, 9.17) is 9.47 Å². The summed E-state index contributed by atoms with van der Waals surface area (Å²) in [7, 11) is 0. The molecule has 16 heavy (non-hydrogen) atoms. The van der Waals surface area contributed by atoms with Crippen LogP contribution in [0.2, 0.25) is 0 Å². The van der Waals surface area contributed by atoms with Crippen LogP contribution in [0.3, 0.4) is 0 Å². The van der Waals surface area contributed by atoms with Crippen LogP contribution < -0.4 is 0 Å². The van der Waals surface area contributed by atoms with Gasteiger partial charge < -0.3 is 9.47 Å². The molecule has 0 aliphatic carbocycles. The molecule has 2 rings (SSSR count). The summed E-state index contributed by atoms with van der Waals surface area (Å²) in [6.45, 7) is 3.00. The summed E-state index contributed by atoms with van der Waals surface area (Å²) in [6.07, 6.45) is 4.22. The molecule has 1 unspecified atom stereocenters. The van der Waals surface area contributed by atoms with Crippen LogP contribution in [-0.2, 0) is 14.3 Å². The van der Waals surface area contributed by atoms with Crippen molar-refractivity contribution in [1.29, 1.82) is 0 Å². The minimum Gasteiger partial charge on any atom is -0.353 e. The zero-order valence-electron chi connectivity index (χ0n) is 9.66. The largest absolute Gasteiger partial charge is 0.353 e. The maximum absolute atomic E-state index is 11.3. The van der Waals surface area contributed by atoms with Crippen molar-refractivity contribution in [2.45, 2.75) is 38.9 Å². The molecule has 4 heteroatoms. The van der Waals surface area contributed by atoms with Crippen molar-refractivity contribution in [2.75, 3.05) is 19.0 Å². The second-order valence-electron chi connectivity index (χ2n) is 4.19. The van der Waals surface area contributed by atoms with E-state index in [9.17, 15) is 4.79 Å². The summed E-state index contributed by atoms with van der Waals surface area (Å²) in [6, 6.07) is 0. The molecule has 0 spiro atoms. The number of ketones is 1. The number of hydrogen-bond acceptors (Lipinski definition) is 4. The first-order chi connectivity index (χ1) is 7.77. The summed E-state index contributed by atoms with van der Waals surface area (Å²) >= 11 is 1.65. The monoisotopic (exact) mass is 242 g/mol. The fourth-order valence-electron chi connectivity index (χ4n) is 2.02. The van der Waals surface area contributed by atoms with Crippen molar-refractivity contribution >= 4 is 17.5 Å². The van der Waals surface area contributed by atoms with Gasteiger partial charge in [0.2, 0.25) is 0 Å². The lowest BCUT2D eigenvalue weighted by molar-refractivity contribution is -0.157. The number of hydrogen-bond donors (Lipinski definition) is 0. The molecular weight excluding hydrogens is 224 g/mol. The first-order valence-corrected chi connectivity index (χ1v) is 6.85. The highest BCUT2D eigenvalue weighted by Crippen LogP contribution is 2.32. The number of carbonyl (C=O) groups is 1. The van der Waals surface area contributed by atoms with Gasteiger partial charge in [-0.05, 0) is 38.2 Å². The zero-order valence-corrected chi connectivity index (χ0v) is 10.5. The molecule has 2 heterocycles. The Kier molecular flexibility index (Phi) is 4.44. The fourth-order valence-corrected chi connectivity index (χ4v) is 3.14. The normalized spacial score (nSPS) is 26.2. The maximum Gasteiger partial charge on any atom is 0.166 e. The van der Waals surface area contributed by atoms with E-state index in [1.165, 1.54) is 6.42 Å². The van der Waals surface area contributed by atoms with Crippen LogP contribution in [0.5, 0.6) is 0 Å². The minimum absolute atomic E-state index is 0.0555. The molecule has 0 saturated carbocycles. The van der Waals surface area contributed by atoms with Crippen molar-refractivity contribution < 1.29 is 14.3 Å². The molecule has 90 valence electrons. The molecular formula is C12H18O3S. The number of thioether (sulfide) groups is 1. The summed E-state index contributed by atoms with van der Waals surface area (Å²) in [5.74, 6) is 1.18. The molecule has 0 amide bonds. The third kappa shape index (κ3) is 3.09. The maximum atomic E-state index is 11.3. The van der Waals surface area contributed by atoms with Gasteiger partial charge in [0.05, 0.1) is 11.5 Å². The lowest BCUT2D eigenvalue weighted by Gasteiger charge is -2.23. The molecule has 1 atom stereocenters. The molecule has 2 aliphatic heterocycles. The van der Waals surface area contributed by atoms with Gasteiger partial charge in [0, 0.05) is 12.4 Å². The van der Waals surface area contributed by atoms with Crippen molar-refractivity contribution in [3.8, 4) is 0 Å². The Morgan fingerprint density at radius 3 is 3.12 bits per heavy atom. The van der Waals surface area contributed by atoms with Crippen molar-refractivity contribution in [3.05, 3.63) is 10.5 Å². The van der Waals surface area contributed by atoms with Crippen molar-refractivity contribution in [3.63, 3.8) is 0 Å². The van der Waals surface area contributed by atoms with Crippen LogP contribution in [0.25, 0.3) is 0 Å². The molecule has 2 aliphatic rings. The van der Waals surface area contributed by atoms with Crippen LogP contribution in [0, 0.1) is 0 Å². The van der Waals surface area contributed by atoms with Gasteiger partial charge in [0.1, 0.15) is 0 Å². The SMILES string of the molecule is CC(=O)C1=C(COC2CCCCO2)CCS1. The summed E-state index contributed by atoms with van der Waals surface area (Å²) in [5.41, 5.74) is 1.16. The van der Waals surface area contributed by atoms with Gasteiger partial charge in [0.15, 0.2) is 12.1 Å². The van der Waals surface area contributed by atoms with Crippen molar-refractivity contribution in [2.24, 2.45) is 0 Å². The lowest BCUT2D eigenvalue weighted by atomic mass is 10.1. The second kappa shape index (κ2) is 5.84. The molecule has 3 nitrogen and oxygen atoms in total. The number of allylic oxidation sites excluding steroid dienone is 1. The van der Waals surface area contributed by atoms with Gasteiger partial charge in [-0.3, -0.25) is 4.79 Å². The first kappa shape index (κ1) is 12.1. The van der Waals surface area contributed by atoms with Gasteiger partial charge in [-0.2, -0.15) is 0 Å². The summed E-state index contributed by atoms with van der Waals surface area (Å²) in [4.78, 5) is 12.3. The third-order valence-electron chi connectivity index (χ3n) is 2.87. The van der Waals surface area contributed by atoms with E-state index >= 15 is 0 Å². The van der Waals surface area contributed by atoms with Gasteiger partial charge in [0.25, 0.3) is 0 Å². The molecule has 0 aromatic heterocycles. The van der Waals surface area contributed by atoms with Crippen LogP contribution in [0.15, 0.2) is 10.5 Å². The van der Waals surface area contributed by atoms with E-state index in [1.54, 1.807) is 18.7 Å². The Morgan fingerprint density at radius 2 is 2.44 bits per heavy atom. The van der Waals surface area contributed by atoms with Crippen LogP contribution in [-0.4, -0.2) is 31.0 Å². The van der Waals surface area contributed by atoms with Gasteiger partial charge in [-0.1, -0.05) is 0 Å². The number of carbonyl (C=O) groups excluding carboxylic acids is 1. The van der Waals surface area contributed by atoms with Gasteiger partial charge in [-0.15, -0.1) is 11.8 Å². The zero-order chi connectivity index (χ0) is 11.4. The van der Waals surface area contributed by atoms with Crippen LogP contribution in [0.4, 0.5) is 0 Å². The number of rotatable bonds is 4. The van der Waals surface area contributed by atoms with E-state index in [-0.39, 0.29) is 12.1 Å². The molecule has 0 aromatic rings. The average Bonchev–Trinajstić information content (AvgIpc) is 2.76. The fraction of sp³-hybridized carbons (Fsp3) is 0.750. The molecule has 0 N–H and O–H groups in total. The quantitative estimate of drug-likeness (QED) is 0.759. The molecule has 0 radical (unpaired) electrons. The molecule has 0 bridgehead atoms. The average molecular weight is 242 g/mol. The third-order valence-corrected chi connectivity index (χ3v) is 4.15. The van der Waals surface area contributed by atoms with Crippen molar-refractivity contribution in [1.82, 2.24) is 0 Å². The highest BCUT2D eigenvalue weighted by atomic mass is 32.2. The smallest absolute Gasteiger partial charge is 0.166 e. The Morgan fingerprint density at radius 1 is 1.56 bits per heavy atom. The molecule has 1 saturated heterocycles. The van der Waals surface area contributed by atoms with E-state index < -0.39 is 0 Å². The Hall–Kier alpha value is -0.320. The lowest BCUT2D eigenvalue weighted by Crippen LogP contribution is -2.23. The predicted octanol–water partition coefficient (Wildman–Crippen LogP) is 2.51. The van der Waals surface area contributed by atoms with Crippen LogP contribution >= 0.6 is 11.8 Å². The summed E-state index contributed by atoms with van der Waals surface area (Å²) < 4.78 is 11.2. The highest BCUT2D eigenvalue weighted by Gasteiger charge is 2.21. The van der Waals surface area contributed by atoms with E-state index in [0.29, 0.717) is 6.61 Å². The Bertz CT molecular complexity index is 293. The molecule has 1 fully saturated rings. The highest BCUT2D eigenvalue weighted by molar-refractivity contribution is 8.04. The first-order valence-electron chi connectivity index (χ1n) is 5.86. The number of ether oxygens (including phenoxy) is 2.